The lowest BCUT2D eigenvalue weighted by Gasteiger charge is -2.33. The number of halogens is 5. The van der Waals surface area contributed by atoms with E-state index in [1.54, 1.807) is 36.1 Å². The summed E-state index contributed by atoms with van der Waals surface area (Å²) in [7, 11) is -4.57. The Hall–Kier alpha value is -3.49. The van der Waals surface area contributed by atoms with Gasteiger partial charge in [0.2, 0.25) is 10.0 Å². The van der Waals surface area contributed by atoms with Crippen LogP contribution in [0.2, 0.25) is 0 Å². The van der Waals surface area contributed by atoms with E-state index in [1.165, 1.54) is 12.2 Å². The second-order valence-electron chi connectivity index (χ2n) is 9.19. The number of benzene rings is 2. The number of nitrogens with one attached hydrogen (secondary N) is 2. The fourth-order valence-corrected chi connectivity index (χ4v) is 5.41. The second-order valence-corrected chi connectivity index (χ2v) is 11.1. The van der Waals surface area contributed by atoms with Crippen molar-refractivity contribution in [3.63, 3.8) is 0 Å². The summed E-state index contributed by atoms with van der Waals surface area (Å²) in [6.45, 7) is 2.09. The third kappa shape index (κ3) is 9.81. The van der Waals surface area contributed by atoms with Gasteiger partial charge in [-0.2, -0.15) is 13.2 Å². The van der Waals surface area contributed by atoms with Crippen LogP contribution in [0.25, 0.3) is 6.08 Å². The first-order chi connectivity index (χ1) is 18.7. The maximum absolute atomic E-state index is 14.1. The van der Waals surface area contributed by atoms with E-state index in [-0.39, 0.29) is 36.3 Å². The lowest BCUT2D eigenvalue weighted by molar-refractivity contribution is -0.139. The molecular formula is C26H32Cl2F3N5O5S. The number of amidine groups is 2. The highest BCUT2D eigenvalue weighted by Gasteiger charge is 2.37. The first kappa shape index (κ1) is 36.5. The molecule has 1 saturated heterocycles. The van der Waals surface area contributed by atoms with Gasteiger partial charge in [-0.1, -0.05) is 30.4 Å². The molecule has 1 heterocycles. The molecule has 16 heteroatoms. The van der Waals surface area contributed by atoms with Crippen LogP contribution in [0.5, 0.6) is 5.75 Å². The number of nitrogens with zero attached hydrogens (tertiary/aromatic N) is 2. The maximum atomic E-state index is 14.1. The molecule has 0 spiro atoms. The van der Waals surface area contributed by atoms with Crippen molar-refractivity contribution >= 4 is 64.2 Å². The number of nitrogen functional groups attached to an aromatic ring is 1. The van der Waals surface area contributed by atoms with E-state index in [0.29, 0.717) is 53.3 Å². The van der Waals surface area contributed by atoms with E-state index in [1.807, 2.05) is 0 Å². The highest BCUT2D eigenvalue weighted by molar-refractivity contribution is 7.93. The summed E-state index contributed by atoms with van der Waals surface area (Å²) >= 11 is 0. The molecule has 0 unspecified atom stereocenters. The largest absolute Gasteiger partial charge is 0.490 e. The minimum absolute atomic E-state index is 0. The molecule has 5 N–H and O–H groups in total. The van der Waals surface area contributed by atoms with Gasteiger partial charge in [0.15, 0.2) is 5.75 Å². The number of carboxylic acid groups (broad SMARTS) is 1. The minimum atomic E-state index is -4.89. The molecule has 0 saturated carbocycles. The predicted molar refractivity (Wildman–Crippen MR) is 160 cm³/mol. The van der Waals surface area contributed by atoms with Crippen molar-refractivity contribution in [3.05, 3.63) is 65.2 Å². The fraction of sp³-hybridized carbons (Fsp3) is 0.346. The van der Waals surface area contributed by atoms with Gasteiger partial charge < -0.3 is 20.5 Å². The zero-order valence-electron chi connectivity index (χ0n) is 22.4. The van der Waals surface area contributed by atoms with Crippen molar-refractivity contribution < 1.29 is 36.2 Å². The number of anilines is 1. The van der Waals surface area contributed by atoms with Crippen LogP contribution in [0.3, 0.4) is 0 Å². The first-order valence-corrected chi connectivity index (χ1v) is 13.8. The quantitative estimate of drug-likeness (QED) is 0.215. The summed E-state index contributed by atoms with van der Waals surface area (Å²) in [5.74, 6) is -3.27. The van der Waals surface area contributed by atoms with Crippen LogP contribution < -0.4 is 14.8 Å². The van der Waals surface area contributed by atoms with Crippen LogP contribution in [0.1, 0.15) is 36.5 Å². The van der Waals surface area contributed by atoms with Gasteiger partial charge in [0, 0.05) is 31.5 Å². The number of carbonyl (C=O) groups is 1. The summed E-state index contributed by atoms with van der Waals surface area (Å²) in [5, 5.41) is 24.3. The number of ether oxygens (including phenoxy) is 1. The normalized spacial score (nSPS) is 14.0. The number of nitrogens with two attached hydrogens (primary N) is 1. The zero-order valence-corrected chi connectivity index (χ0v) is 24.9. The molecule has 2 aromatic carbocycles. The Labute approximate surface area is 254 Å². The lowest BCUT2D eigenvalue weighted by atomic mass is 10.1. The molecule has 10 nitrogen and oxygen atoms in total. The number of hydrogen-bond donors (Lipinski definition) is 4. The molecule has 0 atom stereocenters. The summed E-state index contributed by atoms with van der Waals surface area (Å²) in [4.78, 5) is 13.0. The smallest absolute Gasteiger partial charge is 0.420 e. The second kappa shape index (κ2) is 15.1. The van der Waals surface area contributed by atoms with Crippen molar-refractivity contribution in [2.75, 3.05) is 29.7 Å². The van der Waals surface area contributed by atoms with Crippen LogP contribution in [-0.2, 0) is 21.0 Å². The number of likely N-dealkylation sites (tertiary alicyclic amines) is 1. The van der Waals surface area contributed by atoms with Crippen molar-refractivity contribution in [2.45, 2.75) is 32.0 Å². The number of alkyl halides is 3. The number of carboxylic acids is 1. The third-order valence-corrected chi connectivity index (χ3v) is 7.83. The van der Waals surface area contributed by atoms with Crippen LogP contribution in [-0.4, -0.2) is 67.6 Å². The maximum Gasteiger partial charge on any atom is 0.420 e. The van der Waals surface area contributed by atoms with E-state index in [2.05, 4.69) is 0 Å². The Bertz CT molecular complexity index is 1420. The van der Waals surface area contributed by atoms with E-state index in [9.17, 15) is 26.4 Å². The fourth-order valence-electron chi connectivity index (χ4n) is 4.19. The van der Waals surface area contributed by atoms with Gasteiger partial charge in [0.1, 0.15) is 17.7 Å². The minimum Gasteiger partial charge on any atom is -0.490 e. The van der Waals surface area contributed by atoms with Crippen LogP contribution in [0.4, 0.5) is 18.9 Å². The van der Waals surface area contributed by atoms with Crippen LogP contribution >= 0.6 is 24.8 Å². The highest BCUT2D eigenvalue weighted by Crippen LogP contribution is 2.40. The monoisotopic (exact) mass is 653 g/mol. The molecule has 3 rings (SSSR count). The molecule has 232 valence electrons. The topological polar surface area (TPSA) is 161 Å². The Morgan fingerprint density at radius 2 is 1.81 bits per heavy atom. The molecule has 1 aliphatic heterocycles. The molecule has 0 bridgehead atoms. The summed E-state index contributed by atoms with van der Waals surface area (Å²) < 4.78 is 74.3. The average Bonchev–Trinajstić information content (AvgIpc) is 2.86. The van der Waals surface area contributed by atoms with Gasteiger partial charge in [-0.25, -0.2) is 8.42 Å². The van der Waals surface area contributed by atoms with E-state index in [4.69, 9.17) is 26.4 Å². The van der Waals surface area contributed by atoms with Crippen LogP contribution in [0.15, 0.2) is 48.5 Å². The van der Waals surface area contributed by atoms with Gasteiger partial charge in [0.25, 0.3) is 0 Å². The Morgan fingerprint density at radius 3 is 2.36 bits per heavy atom. The third-order valence-electron chi connectivity index (χ3n) is 6.19. The molecule has 1 aliphatic rings. The Balaban J connectivity index is 0.00000441. The Kier molecular flexibility index (Phi) is 13.2. The molecule has 42 heavy (non-hydrogen) atoms. The summed E-state index contributed by atoms with van der Waals surface area (Å²) in [6.07, 6.45) is -1.75. The van der Waals surface area contributed by atoms with Gasteiger partial charge in [0.05, 0.1) is 23.6 Å². The van der Waals surface area contributed by atoms with Crippen molar-refractivity contribution in [1.82, 2.24) is 4.90 Å². The number of piperidine rings is 1. The van der Waals surface area contributed by atoms with Gasteiger partial charge in [-0.3, -0.25) is 19.9 Å². The lowest BCUT2D eigenvalue weighted by Crippen LogP contribution is -2.40. The van der Waals surface area contributed by atoms with Crippen molar-refractivity contribution in [1.29, 1.82) is 10.8 Å². The molecule has 0 aliphatic carbocycles. The molecular weight excluding hydrogens is 622 g/mol. The Morgan fingerprint density at radius 1 is 1.17 bits per heavy atom. The van der Waals surface area contributed by atoms with E-state index in [0.717, 1.165) is 12.1 Å². The van der Waals surface area contributed by atoms with E-state index >= 15 is 0 Å². The summed E-state index contributed by atoms with van der Waals surface area (Å²) in [5.41, 5.74) is 4.88. The standard InChI is InChI=1S/C26H30F3N5O5S.2ClH/c1-17(30)33-12-9-21(10-13-33)39-23-8-7-20(15-22(23)26(27,28)29)34(40(37,38)16-24(35)36)11-3-5-18-4-2-6-19(14-18)25(31)32;;/h2-8,14-15,21,30H,9-13,16H2,1H3,(H3,31,32)(H,35,36);2*1H/b5-3+,30-17?;;. The SMILES string of the molecule is CC(=N)N1CCC(Oc2ccc(N(C/C=C/c3cccc(C(=N)N)c3)S(=O)(=O)CC(=O)O)cc2C(F)(F)F)CC1.Cl.Cl. The highest BCUT2D eigenvalue weighted by atomic mass is 35.5. The van der Waals surface area contributed by atoms with Gasteiger partial charge >= 0.3 is 12.1 Å². The zero-order chi connectivity index (χ0) is 29.7. The molecule has 0 radical (unpaired) electrons. The number of sulfonamides is 1. The molecule has 0 aromatic heterocycles. The first-order valence-electron chi connectivity index (χ1n) is 12.2. The molecule has 1 fully saturated rings. The predicted octanol–water partition coefficient (Wildman–Crippen LogP) is 4.61. The average molecular weight is 655 g/mol. The number of aliphatic carboxylic acids is 1. The number of rotatable bonds is 10. The van der Waals surface area contributed by atoms with E-state index < -0.39 is 51.9 Å². The molecule has 0 amide bonds. The molecule has 2 aromatic rings. The van der Waals surface area contributed by atoms with Crippen LogP contribution in [0, 0.1) is 10.8 Å². The number of hydrogen-bond acceptors (Lipinski definition) is 6. The van der Waals surface area contributed by atoms with Gasteiger partial charge in [-0.15, -0.1) is 24.8 Å². The summed E-state index contributed by atoms with van der Waals surface area (Å²) in [6, 6.07) is 9.26. The van der Waals surface area contributed by atoms with Gasteiger partial charge in [-0.05, 0) is 36.8 Å². The van der Waals surface area contributed by atoms with Crippen molar-refractivity contribution in [3.8, 4) is 5.75 Å². The van der Waals surface area contributed by atoms with Crippen molar-refractivity contribution in [2.24, 2.45) is 5.73 Å².